The van der Waals surface area contributed by atoms with Crippen LogP contribution in [0.5, 0.6) is 0 Å². The second kappa shape index (κ2) is 6.80. The van der Waals surface area contributed by atoms with E-state index in [2.05, 4.69) is 11.6 Å². The number of rotatable bonds is 6. The van der Waals surface area contributed by atoms with Crippen LogP contribution in [0.25, 0.3) is 0 Å². The summed E-state index contributed by atoms with van der Waals surface area (Å²) in [5.74, 6) is 0.0664. The Bertz CT molecular complexity index is 284. The van der Waals surface area contributed by atoms with Gasteiger partial charge < -0.3 is 5.32 Å². The molecule has 4 heteroatoms. The minimum absolute atomic E-state index is 0.517. The minimum Gasteiger partial charge on any atom is -0.313 e. The van der Waals surface area contributed by atoms with Crippen molar-refractivity contribution >= 4 is 11.8 Å². The first-order chi connectivity index (χ1) is 7.22. The highest BCUT2D eigenvalue weighted by Crippen LogP contribution is 2.07. The van der Waals surface area contributed by atoms with E-state index in [1.807, 2.05) is 0 Å². The fourth-order valence-corrected chi connectivity index (χ4v) is 1.72. The minimum atomic E-state index is -0.518. The van der Waals surface area contributed by atoms with Crippen LogP contribution in [0.1, 0.15) is 12.0 Å². The fourth-order valence-electron chi connectivity index (χ4n) is 1.29. The molecular weight excluding hydrogens is 216 g/mol. The molecule has 1 rings (SSSR count). The lowest BCUT2D eigenvalue weighted by molar-refractivity contribution is 0.575. The molecule has 84 valence electrons. The summed E-state index contributed by atoms with van der Waals surface area (Å²) in [6.45, 7) is 1.39. The number of benzene rings is 1. The van der Waals surface area contributed by atoms with Crippen LogP contribution >= 0.6 is 11.8 Å². The Balaban J connectivity index is 2.31. The van der Waals surface area contributed by atoms with Crippen LogP contribution in [-0.4, -0.2) is 18.6 Å². The van der Waals surface area contributed by atoms with Crippen molar-refractivity contribution in [1.29, 1.82) is 0 Å². The van der Waals surface area contributed by atoms with E-state index in [1.165, 1.54) is 12.1 Å². The molecule has 0 fully saturated rings. The molecule has 0 atom stereocenters. The van der Waals surface area contributed by atoms with E-state index in [-0.39, 0.29) is 0 Å². The summed E-state index contributed by atoms with van der Waals surface area (Å²) in [4.78, 5) is 0. The summed E-state index contributed by atoms with van der Waals surface area (Å²) in [6, 6.07) is 3.59. The molecule has 1 aromatic rings. The Morgan fingerprint density at radius 1 is 1.20 bits per heavy atom. The van der Waals surface area contributed by atoms with Gasteiger partial charge >= 0.3 is 0 Å². The molecular formula is C11H15F2NS. The summed E-state index contributed by atoms with van der Waals surface area (Å²) in [5, 5.41) is 3.14. The second-order valence-electron chi connectivity index (χ2n) is 3.30. The van der Waals surface area contributed by atoms with E-state index in [4.69, 9.17) is 0 Å². The van der Waals surface area contributed by atoms with Gasteiger partial charge in [0.05, 0.1) is 0 Å². The number of halogens is 2. The average molecular weight is 231 g/mol. The van der Waals surface area contributed by atoms with E-state index in [0.717, 1.165) is 24.8 Å². The van der Waals surface area contributed by atoms with Gasteiger partial charge in [0, 0.05) is 12.6 Å². The second-order valence-corrected chi connectivity index (χ2v) is 4.29. The van der Waals surface area contributed by atoms with Crippen molar-refractivity contribution in [2.75, 3.05) is 18.6 Å². The third kappa shape index (κ3) is 5.14. The molecule has 0 amide bonds. The van der Waals surface area contributed by atoms with Crippen LogP contribution in [0.4, 0.5) is 8.78 Å². The molecule has 0 heterocycles. The van der Waals surface area contributed by atoms with Gasteiger partial charge in [0.1, 0.15) is 11.6 Å². The lowest BCUT2D eigenvalue weighted by Crippen LogP contribution is -2.15. The zero-order valence-electron chi connectivity index (χ0n) is 8.72. The lowest BCUT2D eigenvalue weighted by Gasteiger charge is -2.04. The van der Waals surface area contributed by atoms with Crippen molar-refractivity contribution in [2.45, 2.75) is 13.0 Å². The van der Waals surface area contributed by atoms with Crippen molar-refractivity contribution in [2.24, 2.45) is 0 Å². The highest BCUT2D eigenvalue weighted by atomic mass is 32.2. The normalized spacial score (nSPS) is 10.6. The largest absolute Gasteiger partial charge is 0.313 e. The molecule has 0 saturated heterocycles. The zero-order chi connectivity index (χ0) is 11.1. The van der Waals surface area contributed by atoms with E-state index >= 15 is 0 Å². The maximum Gasteiger partial charge on any atom is 0.126 e. The molecule has 0 unspecified atom stereocenters. The Labute approximate surface area is 93.3 Å². The van der Waals surface area contributed by atoms with Gasteiger partial charge in [-0.1, -0.05) is 0 Å². The van der Waals surface area contributed by atoms with Crippen LogP contribution in [0.15, 0.2) is 18.2 Å². The molecule has 0 aliphatic rings. The molecule has 0 aliphatic carbocycles. The smallest absolute Gasteiger partial charge is 0.126 e. The topological polar surface area (TPSA) is 12.0 Å². The zero-order valence-corrected chi connectivity index (χ0v) is 9.54. The lowest BCUT2D eigenvalue weighted by atomic mass is 10.2. The molecule has 1 aromatic carbocycles. The average Bonchev–Trinajstić information content (AvgIpc) is 2.16. The number of hydrogen-bond acceptors (Lipinski definition) is 2. The van der Waals surface area contributed by atoms with Crippen molar-refractivity contribution in [1.82, 2.24) is 5.32 Å². The van der Waals surface area contributed by atoms with Gasteiger partial charge in [-0.25, -0.2) is 8.78 Å². The van der Waals surface area contributed by atoms with Gasteiger partial charge in [-0.2, -0.15) is 11.8 Å². The van der Waals surface area contributed by atoms with Crippen LogP contribution in [0.3, 0.4) is 0 Å². The van der Waals surface area contributed by atoms with Crippen molar-refractivity contribution in [3.05, 3.63) is 35.4 Å². The van der Waals surface area contributed by atoms with Gasteiger partial charge in [-0.15, -0.1) is 0 Å². The van der Waals surface area contributed by atoms with Gasteiger partial charge in [0.2, 0.25) is 0 Å². The predicted octanol–water partition coefficient (Wildman–Crippen LogP) is 2.81. The SMILES string of the molecule is CSCCCNCc1cc(F)cc(F)c1. The summed E-state index contributed by atoms with van der Waals surface area (Å²) in [7, 11) is 0. The van der Waals surface area contributed by atoms with Crippen molar-refractivity contribution < 1.29 is 8.78 Å². The number of nitrogens with one attached hydrogen (secondary N) is 1. The third-order valence-corrected chi connectivity index (χ3v) is 2.65. The molecule has 0 bridgehead atoms. The highest BCUT2D eigenvalue weighted by Gasteiger charge is 1.99. The van der Waals surface area contributed by atoms with Gasteiger partial charge in [-0.3, -0.25) is 0 Å². The molecule has 15 heavy (non-hydrogen) atoms. The summed E-state index contributed by atoms with van der Waals surface area (Å²) >= 11 is 1.79. The summed E-state index contributed by atoms with van der Waals surface area (Å²) < 4.78 is 25.6. The quantitative estimate of drug-likeness (QED) is 0.756. The Kier molecular flexibility index (Phi) is 5.65. The first-order valence-electron chi connectivity index (χ1n) is 4.87. The van der Waals surface area contributed by atoms with E-state index in [0.29, 0.717) is 12.1 Å². The number of thioether (sulfide) groups is 1. The van der Waals surface area contributed by atoms with Gasteiger partial charge in [-0.05, 0) is 42.7 Å². The highest BCUT2D eigenvalue weighted by molar-refractivity contribution is 7.98. The van der Waals surface area contributed by atoms with Crippen molar-refractivity contribution in [3.8, 4) is 0 Å². The van der Waals surface area contributed by atoms with Crippen LogP contribution < -0.4 is 5.32 Å². The molecule has 1 N–H and O–H groups in total. The monoisotopic (exact) mass is 231 g/mol. The van der Waals surface area contributed by atoms with Gasteiger partial charge in [0.25, 0.3) is 0 Å². The Morgan fingerprint density at radius 3 is 2.47 bits per heavy atom. The van der Waals surface area contributed by atoms with E-state index in [1.54, 1.807) is 11.8 Å². The molecule has 0 aromatic heterocycles. The third-order valence-electron chi connectivity index (χ3n) is 1.95. The molecule has 0 radical (unpaired) electrons. The van der Waals surface area contributed by atoms with Crippen LogP contribution in [0.2, 0.25) is 0 Å². The van der Waals surface area contributed by atoms with Crippen LogP contribution in [-0.2, 0) is 6.54 Å². The maximum atomic E-state index is 12.8. The van der Waals surface area contributed by atoms with E-state index in [9.17, 15) is 8.78 Å². The first kappa shape index (κ1) is 12.5. The summed E-state index contributed by atoms with van der Waals surface area (Å²) in [5.41, 5.74) is 0.650. The van der Waals surface area contributed by atoms with Crippen molar-refractivity contribution in [3.63, 3.8) is 0 Å². The van der Waals surface area contributed by atoms with E-state index < -0.39 is 11.6 Å². The molecule has 0 spiro atoms. The van der Waals surface area contributed by atoms with Gasteiger partial charge in [0.15, 0.2) is 0 Å². The Morgan fingerprint density at radius 2 is 1.87 bits per heavy atom. The number of hydrogen-bond donors (Lipinski definition) is 1. The standard InChI is InChI=1S/C11H15F2NS/c1-15-4-2-3-14-8-9-5-10(12)7-11(13)6-9/h5-7,14H,2-4,8H2,1H3. The first-order valence-corrected chi connectivity index (χ1v) is 6.26. The molecule has 1 nitrogen and oxygen atoms in total. The Hall–Kier alpha value is -0.610. The predicted molar refractivity (Wildman–Crippen MR) is 61.1 cm³/mol. The molecule has 0 aliphatic heterocycles. The molecule has 0 saturated carbocycles. The summed E-state index contributed by atoms with van der Waals surface area (Å²) in [6.07, 6.45) is 3.13. The van der Waals surface area contributed by atoms with Crippen LogP contribution in [0, 0.1) is 11.6 Å². The fraction of sp³-hybridized carbons (Fsp3) is 0.455. The maximum absolute atomic E-state index is 12.8.